The maximum Gasteiger partial charge on any atom is 0.408 e. The van der Waals surface area contributed by atoms with E-state index in [2.05, 4.69) is 23.5 Å². The number of hydrogen-bond donors (Lipinski definition) is 2. The predicted molar refractivity (Wildman–Crippen MR) is 161 cm³/mol. The summed E-state index contributed by atoms with van der Waals surface area (Å²) in [4.78, 5) is 42.9. The summed E-state index contributed by atoms with van der Waals surface area (Å²) in [7, 11) is 0. The lowest BCUT2D eigenvalue weighted by Gasteiger charge is -2.36. The molecule has 1 aliphatic carbocycles. The van der Waals surface area contributed by atoms with Crippen molar-refractivity contribution < 1.29 is 19.1 Å². The third kappa shape index (κ3) is 10.9. The lowest BCUT2D eigenvalue weighted by molar-refractivity contribution is -0.143. The van der Waals surface area contributed by atoms with Gasteiger partial charge in [-0.2, -0.15) is 0 Å². The second-order valence-corrected chi connectivity index (χ2v) is 12.4. The maximum absolute atomic E-state index is 14.4. The highest BCUT2D eigenvalue weighted by molar-refractivity contribution is 5.92. The van der Waals surface area contributed by atoms with Crippen LogP contribution in [-0.4, -0.2) is 47.0 Å². The number of carbonyl (C=O) groups excluding carboxylic acids is 3. The summed E-state index contributed by atoms with van der Waals surface area (Å²) in [6, 6.07) is 5.66. The maximum atomic E-state index is 14.4. The zero-order chi connectivity index (χ0) is 29.7. The molecule has 222 valence electrons. The number of rotatable bonds is 13. The number of nitrogens with one attached hydrogen (secondary N) is 2. The smallest absolute Gasteiger partial charge is 0.408 e. The Morgan fingerprint density at radius 2 is 1.75 bits per heavy atom. The van der Waals surface area contributed by atoms with Crippen LogP contribution >= 0.6 is 0 Å². The number of carbonyl (C=O) groups is 3. The van der Waals surface area contributed by atoms with E-state index >= 15 is 0 Å². The quantitative estimate of drug-likeness (QED) is 0.215. The first kappa shape index (κ1) is 33.2. The molecule has 7 nitrogen and oxygen atoms in total. The second kappa shape index (κ2) is 16.3. The van der Waals surface area contributed by atoms with Gasteiger partial charge in [0.25, 0.3) is 0 Å². The van der Waals surface area contributed by atoms with Gasteiger partial charge >= 0.3 is 6.09 Å². The van der Waals surface area contributed by atoms with Crippen molar-refractivity contribution in [2.45, 2.75) is 129 Å². The zero-order valence-electron chi connectivity index (χ0n) is 25.6. The fourth-order valence-corrected chi connectivity index (χ4v) is 5.26. The molecule has 2 unspecified atom stereocenters. The molecule has 1 aromatic carbocycles. The normalized spacial score (nSPS) is 15.6. The summed E-state index contributed by atoms with van der Waals surface area (Å²) in [6.07, 6.45) is 14.6. The lowest BCUT2D eigenvalue weighted by Crippen LogP contribution is -2.54. The third-order valence-electron chi connectivity index (χ3n) is 7.15. The van der Waals surface area contributed by atoms with E-state index in [0.29, 0.717) is 24.1 Å². The highest BCUT2D eigenvalue weighted by atomic mass is 16.6. The molecule has 2 atom stereocenters. The van der Waals surface area contributed by atoms with Crippen molar-refractivity contribution in [3.63, 3.8) is 0 Å². The number of benzene rings is 1. The van der Waals surface area contributed by atoms with E-state index in [9.17, 15) is 14.4 Å². The largest absolute Gasteiger partial charge is 0.444 e. The van der Waals surface area contributed by atoms with Crippen LogP contribution in [-0.2, 0) is 14.3 Å². The number of amides is 3. The molecule has 2 N–H and O–H groups in total. The highest BCUT2D eigenvalue weighted by Gasteiger charge is 2.38. The summed E-state index contributed by atoms with van der Waals surface area (Å²) in [5.41, 5.74) is 0.504. The number of nitrogens with zero attached hydrogens (tertiary/aromatic N) is 1. The Labute approximate surface area is 242 Å². The Hall–Kier alpha value is -3.01. The van der Waals surface area contributed by atoms with Crippen molar-refractivity contribution in [1.29, 1.82) is 0 Å². The summed E-state index contributed by atoms with van der Waals surface area (Å²) in [6.45, 7) is 11.9. The first-order chi connectivity index (χ1) is 19.0. The molecule has 7 heteroatoms. The van der Waals surface area contributed by atoms with Gasteiger partial charge in [0.1, 0.15) is 17.7 Å². The molecule has 0 heterocycles. The van der Waals surface area contributed by atoms with Crippen LogP contribution in [0.4, 0.5) is 4.79 Å². The van der Waals surface area contributed by atoms with Gasteiger partial charge in [-0.05, 0) is 64.0 Å². The third-order valence-corrected chi connectivity index (χ3v) is 7.15. The van der Waals surface area contributed by atoms with E-state index in [4.69, 9.17) is 11.2 Å². The Bertz CT molecular complexity index is 1000. The number of ether oxygens (including phenoxy) is 1. The van der Waals surface area contributed by atoms with Crippen LogP contribution in [0.2, 0.25) is 0 Å². The minimum atomic E-state index is -0.904. The number of terminal acetylenes is 1. The standard InChI is InChI=1S/C33H51N3O4/c1-8-10-11-17-22-36(31(38)28(23-24(3)4)35-32(39)40-33(5,6)7)29(27-21-16-15-18-25(27)9-2)30(37)34-26-19-13-12-14-20-26/h2,15-16,18,21,24,26,28-29H,8,10-14,17,19-20,22-23H2,1,3-7H3,(H,34,37)(H,35,39). The Morgan fingerprint density at radius 3 is 2.35 bits per heavy atom. The SMILES string of the molecule is C#Cc1ccccc1C(C(=O)NC1CCCCC1)N(CCCCCC)C(=O)C(CC(C)C)NC(=O)OC(C)(C)C. The molecular formula is C33H51N3O4. The Morgan fingerprint density at radius 1 is 1.07 bits per heavy atom. The second-order valence-electron chi connectivity index (χ2n) is 12.4. The molecule has 2 rings (SSSR count). The molecule has 0 saturated heterocycles. The summed E-state index contributed by atoms with van der Waals surface area (Å²) >= 11 is 0. The molecular weight excluding hydrogens is 502 g/mol. The van der Waals surface area contributed by atoms with E-state index in [1.165, 1.54) is 6.42 Å². The number of alkyl carbamates (subject to hydrolysis) is 1. The molecule has 0 aromatic heterocycles. The molecule has 3 amide bonds. The van der Waals surface area contributed by atoms with Crippen LogP contribution in [0.3, 0.4) is 0 Å². The summed E-state index contributed by atoms with van der Waals surface area (Å²) < 4.78 is 5.50. The molecule has 40 heavy (non-hydrogen) atoms. The minimum Gasteiger partial charge on any atom is -0.444 e. The molecule has 0 radical (unpaired) electrons. The van der Waals surface area contributed by atoms with Crippen molar-refractivity contribution >= 4 is 17.9 Å². The minimum absolute atomic E-state index is 0.0742. The topological polar surface area (TPSA) is 87.7 Å². The summed E-state index contributed by atoms with van der Waals surface area (Å²) in [5, 5.41) is 6.06. The van der Waals surface area contributed by atoms with Crippen LogP contribution < -0.4 is 10.6 Å². The van der Waals surface area contributed by atoms with Crippen molar-refractivity contribution in [2.24, 2.45) is 5.92 Å². The fraction of sp³-hybridized carbons (Fsp3) is 0.667. The van der Waals surface area contributed by atoms with E-state index in [-0.39, 0.29) is 23.8 Å². The van der Waals surface area contributed by atoms with E-state index in [0.717, 1.165) is 51.4 Å². The average molecular weight is 554 g/mol. The molecule has 0 spiro atoms. The van der Waals surface area contributed by atoms with Gasteiger partial charge in [-0.3, -0.25) is 9.59 Å². The van der Waals surface area contributed by atoms with Crippen LogP contribution in [0, 0.1) is 18.3 Å². The van der Waals surface area contributed by atoms with Crippen LogP contribution in [0.5, 0.6) is 0 Å². The van der Waals surface area contributed by atoms with Crippen LogP contribution in [0.25, 0.3) is 0 Å². The van der Waals surface area contributed by atoms with Gasteiger partial charge in [0.2, 0.25) is 11.8 Å². The molecule has 1 aromatic rings. The van der Waals surface area contributed by atoms with E-state index in [1.54, 1.807) is 31.7 Å². The van der Waals surface area contributed by atoms with Gasteiger partial charge in [0.15, 0.2) is 0 Å². The van der Waals surface area contributed by atoms with Gasteiger partial charge < -0.3 is 20.3 Å². The molecule has 1 saturated carbocycles. The van der Waals surface area contributed by atoms with Crippen LogP contribution in [0.15, 0.2) is 24.3 Å². The Balaban J connectivity index is 2.52. The van der Waals surface area contributed by atoms with E-state index < -0.39 is 23.8 Å². The first-order valence-electron chi connectivity index (χ1n) is 15.1. The average Bonchev–Trinajstić information content (AvgIpc) is 2.89. The van der Waals surface area contributed by atoms with Crippen LogP contribution in [0.1, 0.15) is 123 Å². The molecule has 0 bridgehead atoms. The summed E-state index contributed by atoms with van der Waals surface area (Å²) in [5.74, 6) is 2.32. The van der Waals surface area contributed by atoms with Crippen molar-refractivity contribution in [2.75, 3.05) is 6.54 Å². The molecule has 0 aliphatic heterocycles. The zero-order valence-corrected chi connectivity index (χ0v) is 25.6. The number of hydrogen-bond acceptors (Lipinski definition) is 4. The monoisotopic (exact) mass is 553 g/mol. The predicted octanol–water partition coefficient (Wildman–Crippen LogP) is 6.51. The van der Waals surface area contributed by atoms with Crippen molar-refractivity contribution in [3.8, 4) is 12.3 Å². The van der Waals surface area contributed by atoms with E-state index in [1.807, 2.05) is 32.0 Å². The van der Waals surface area contributed by atoms with Gasteiger partial charge in [0, 0.05) is 18.2 Å². The van der Waals surface area contributed by atoms with Gasteiger partial charge in [-0.25, -0.2) is 4.79 Å². The molecule has 1 aliphatic rings. The van der Waals surface area contributed by atoms with Gasteiger partial charge in [0.05, 0.1) is 0 Å². The number of unbranched alkanes of at least 4 members (excludes halogenated alkanes) is 3. The van der Waals surface area contributed by atoms with Gasteiger partial charge in [-0.1, -0.05) is 83.4 Å². The van der Waals surface area contributed by atoms with Crippen molar-refractivity contribution in [3.05, 3.63) is 35.4 Å². The highest BCUT2D eigenvalue weighted by Crippen LogP contribution is 2.28. The molecule has 1 fully saturated rings. The lowest BCUT2D eigenvalue weighted by atomic mass is 9.93. The fourth-order valence-electron chi connectivity index (χ4n) is 5.26. The Kier molecular flexibility index (Phi) is 13.5. The van der Waals surface area contributed by atoms with Crippen molar-refractivity contribution in [1.82, 2.24) is 15.5 Å². The van der Waals surface area contributed by atoms with Gasteiger partial charge in [-0.15, -0.1) is 6.42 Å². The first-order valence-corrected chi connectivity index (χ1v) is 15.1.